The van der Waals surface area contributed by atoms with Crippen molar-refractivity contribution in [3.63, 3.8) is 0 Å². The standard InChI is InChI=1S/C24H26FNO5/c1-15(2)14-31-19-10-6-17(7-11-19)22(27)20-21(16-4-8-18(25)9-5-16)26(12-13-30-3)24(29)23(20)28/h4-11,15,21,27H,12-14H2,1-3H3/t21-/m0/s1. The number of benzene rings is 2. The minimum atomic E-state index is -0.840. The van der Waals surface area contributed by atoms with Gasteiger partial charge in [-0.3, -0.25) is 9.59 Å². The van der Waals surface area contributed by atoms with Gasteiger partial charge in [-0.2, -0.15) is 0 Å². The quantitative estimate of drug-likeness (QED) is 0.393. The Balaban J connectivity index is 2.02. The van der Waals surface area contributed by atoms with Crippen molar-refractivity contribution in [2.75, 3.05) is 26.9 Å². The van der Waals surface area contributed by atoms with Crippen molar-refractivity contribution >= 4 is 17.4 Å². The van der Waals surface area contributed by atoms with Crippen LogP contribution in [0, 0.1) is 11.7 Å². The largest absolute Gasteiger partial charge is 0.507 e. The van der Waals surface area contributed by atoms with Crippen LogP contribution in [0.3, 0.4) is 0 Å². The second kappa shape index (κ2) is 9.75. The molecule has 1 fully saturated rings. The van der Waals surface area contributed by atoms with Crippen molar-refractivity contribution in [2.24, 2.45) is 5.92 Å². The zero-order chi connectivity index (χ0) is 22.5. The molecule has 0 radical (unpaired) electrons. The van der Waals surface area contributed by atoms with Gasteiger partial charge in [-0.15, -0.1) is 0 Å². The van der Waals surface area contributed by atoms with Crippen molar-refractivity contribution in [3.8, 4) is 5.75 Å². The summed E-state index contributed by atoms with van der Waals surface area (Å²) in [4.78, 5) is 26.9. The van der Waals surface area contributed by atoms with E-state index in [0.29, 0.717) is 29.4 Å². The number of nitrogens with zero attached hydrogens (tertiary/aromatic N) is 1. The summed E-state index contributed by atoms with van der Waals surface area (Å²) in [5, 5.41) is 11.0. The predicted molar refractivity (Wildman–Crippen MR) is 114 cm³/mol. The topological polar surface area (TPSA) is 76.1 Å². The summed E-state index contributed by atoms with van der Waals surface area (Å²) in [6.07, 6.45) is 0. The van der Waals surface area contributed by atoms with Crippen LogP contribution in [-0.2, 0) is 14.3 Å². The van der Waals surface area contributed by atoms with Crippen LogP contribution in [0.1, 0.15) is 31.0 Å². The summed E-state index contributed by atoms with van der Waals surface area (Å²) in [6.45, 7) is 5.01. The molecule has 0 unspecified atom stereocenters. The molecule has 1 saturated heterocycles. The van der Waals surface area contributed by atoms with Gasteiger partial charge >= 0.3 is 0 Å². The van der Waals surface area contributed by atoms with E-state index < -0.39 is 23.5 Å². The number of halogens is 1. The van der Waals surface area contributed by atoms with Gasteiger partial charge in [0.15, 0.2) is 0 Å². The minimum Gasteiger partial charge on any atom is -0.507 e. The molecule has 1 heterocycles. The third-order valence-electron chi connectivity index (χ3n) is 4.97. The molecule has 3 rings (SSSR count). The van der Waals surface area contributed by atoms with Gasteiger partial charge in [0.05, 0.1) is 24.8 Å². The highest BCUT2D eigenvalue weighted by atomic mass is 19.1. The summed E-state index contributed by atoms with van der Waals surface area (Å²) in [6, 6.07) is 11.3. The summed E-state index contributed by atoms with van der Waals surface area (Å²) in [5.41, 5.74) is 0.868. The van der Waals surface area contributed by atoms with E-state index in [-0.39, 0.29) is 24.5 Å². The number of Topliss-reactive ketones (excluding diaryl/α,β-unsaturated/α-hetero) is 1. The highest BCUT2D eigenvalue weighted by molar-refractivity contribution is 6.46. The second-order valence-corrected chi connectivity index (χ2v) is 7.77. The molecule has 1 aliphatic rings. The Morgan fingerprint density at radius 2 is 1.74 bits per heavy atom. The third-order valence-corrected chi connectivity index (χ3v) is 4.97. The van der Waals surface area contributed by atoms with Crippen LogP contribution in [-0.4, -0.2) is 48.6 Å². The number of carbonyl (C=O) groups excluding carboxylic acids is 2. The first-order chi connectivity index (χ1) is 14.8. The van der Waals surface area contributed by atoms with E-state index in [2.05, 4.69) is 0 Å². The monoisotopic (exact) mass is 427 g/mol. The van der Waals surface area contributed by atoms with Crippen LogP contribution in [0.15, 0.2) is 54.1 Å². The van der Waals surface area contributed by atoms with Gasteiger partial charge in [-0.25, -0.2) is 4.39 Å². The zero-order valence-electron chi connectivity index (χ0n) is 17.8. The van der Waals surface area contributed by atoms with Crippen molar-refractivity contribution in [1.82, 2.24) is 4.90 Å². The minimum absolute atomic E-state index is 0.0384. The molecule has 2 aromatic carbocycles. The number of carbonyl (C=O) groups is 2. The van der Waals surface area contributed by atoms with Crippen LogP contribution in [0.4, 0.5) is 4.39 Å². The van der Waals surface area contributed by atoms with Crippen molar-refractivity contribution in [1.29, 1.82) is 0 Å². The molecule has 1 N–H and O–H groups in total. The normalized spacial score (nSPS) is 18.1. The Hall–Kier alpha value is -3.19. The molecule has 1 atom stereocenters. The molecule has 7 heteroatoms. The van der Waals surface area contributed by atoms with Gasteiger partial charge in [0.2, 0.25) is 0 Å². The molecule has 0 bridgehead atoms. The van der Waals surface area contributed by atoms with Crippen molar-refractivity contribution < 1.29 is 28.6 Å². The molecule has 0 saturated carbocycles. The Kier molecular flexibility index (Phi) is 7.07. The molecule has 31 heavy (non-hydrogen) atoms. The SMILES string of the molecule is COCCN1C(=O)C(=O)C(=C(O)c2ccc(OCC(C)C)cc2)[C@@H]1c1ccc(F)cc1. The van der Waals surface area contributed by atoms with Gasteiger partial charge in [0.1, 0.15) is 17.3 Å². The lowest BCUT2D eigenvalue weighted by molar-refractivity contribution is -0.140. The van der Waals surface area contributed by atoms with E-state index >= 15 is 0 Å². The fraction of sp³-hybridized carbons (Fsp3) is 0.333. The number of aliphatic hydroxyl groups is 1. The Morgan fingerprint density at radius 1 is 1.10 bits per heavy atom. The highest BCUT2D eigenvalue weighted by Gasteiger charge is 2.45. The molecule has 0 aliphatic carbocycles. The van der Waals surface area contributed by atoms with Gasteiger partial charge in [-0.1, -0.05) is 26.0 Å². The maximum absolute atomic E-state index is 13.5. The molecule has 1 amide bonds. The summed E-state index contributed by atoms with van der Waals surface area (Å²) in [5.74, 6) is -1.24. The molecule has 0 aromatic heterocycles. The molecule has 2 aromatic rings. The number of amides is 1. The van der Waals surface area contributed by atoms with E-state index in [1.165, 1.54) is 36.3 Å². The number of methoxy groups -OCH3 is 1. The maximum atomic E-state index is 13.5. The Bertz CT molecular complexity index is 966. The smallest absolute Gasteiger partial charge is 0.295 e. The summed E-state index contributed by atoms with van der Waals surface area (Å²) in [7, 11) is 1.49. The number of ether oxygens (including phenoxy) is 2. The first-order valence-electron chi connectivity index (χ1n) is 10.1. The molecular weight excluding hydrogens is 401 g/mol. The average Bonchev–Trinajstić information content (AvgIpc) is 3.01. The lowest BCUT2D eigenvalue weighted by atomic mass is 9.95. The molecule has 0 spiro atoms. The lowest BCUT2D eigenvalue weighted by Crippen LogP contribution is -2.32. The van der Waals surface area contributed by atoms with Crippen molar-refractivity contribution in [2.45, 2.75) is 19.9 Å². The fourth-order valence-corrected chi connectivity index (χ4v) is 3.42. The molecular formula is C24H26FNO5. The summed E-state index contributed by atoms with van der Waals surface area (Å²) >= 11 is 0. The second-order valence-electron chi connectivity index (χ2n) is 7.77. The highest BCUT2D eigenvalue weighted by Crippen LogP contribution is 2.39. The van der Waals surface area contributed by atoms with Gasteiger partial charge in [-0.05, 0) is 47.9 Å². The molecule has 164 valence electrons. The van der Waals surface area contributed by atoms with Crippen LogP contribution in [0.2, 0.25) is 0 Å². The fourth-order valence-electron chi connectivity index (χ4n) is 3.42. The number of hydrogen-bond acceptors (Lipinski definition) is 5. The van der Waals surface area contributed by atoms with E-state index in [1.54, 1.807) is 24.3 Å². The Labute approximate surface area is 180 Å². The predicted octanol–water partition coefficient (Wildman–Crippen LogP) is 3.93. The Morgan fingerprint density at radius 3 is 2.32 bits per heavy atom. The van der Waals surface area contributed by atoms with Crippen LogP contribution in [0.25, 0.3) is 5.76 Å². The van der Waals surface area contributed by atoms with Crippen molar-refractivity contribution in [3.05, 3.63) is 71.0 Å². The number of likely N-dealkylation sites (tertiary alicyclic amines) is 1. The van der Waals surface area contributed by atoms with E-state index in [0.717, 1.165) is 0 Å². The number of rotatable bonds is 8. The maximum Gasteiger partial charge on any atom is 0.295 e. The first-order valence-corrected chi connectivity index (χ1v) is 10.1. The van der Waals surface area contributed by atoms with E-state index in [1.807, 2.05) is 13.8 Å². The third kappa shape index (κ3) is 4.94. The lowest BCUT2D eigenvalue weighted by Gasteiger charge is -2.25. The van der Waals surface area contributed by atoms with E-state index in [9.17, 15) is 19.1 Å². The van der Waals surface area contributed by atoms with Gasteiger partial charge < -0.3 is 19.5 Å². The van der Waals surface area contributed by atoms with Gasteiger partial charge in [0, 0.05) is 19.2 Å². The average molecular weight is 427 g/mol. The van der Waals surface area contributed by atoms with Gasteiger partial charge in [0.25, 0.3) is 11.7 Å². The van der Waals surface area contributed by atoms with Crippen LogP contribution in [0.5, 0.6) is 5.75 Å². The summed E-state index contributed by atoms with van der Waals surface area (Å²) < 4.78 is 24.2. The zero-order valence-corrected chi connectivity index (χ0v) is 17.8. The first kappa shape index (κ1) is 22.5. The number of aliphatic hydroxyl groups excluding tert-OH is 1. The number of hydrogen-bond donors (Lipinski definition) is 1. The molecule has 6 nitrogen and oxygen atoms in total. The van der Waals surface area contributed by atoms with E-state index in [4.69, 9.17) is 9.47 Å². The molecule has 1 aliphatic heterocycles. The van der Waals surface area contributed by atoms with Crippen LogP contribution < -0.4 is 4.74 Å². The number of ketones is 1. The van der Waals surface area contributed by atoms with Crippen LogP contribution >= 0.6 is 0 Å².